The zero-order valence-electron chi connectivity index (χ0n) is 8.01. The summed E-state index contributed by atoms with van der Waals surface area (Å²) in [5.41, 5.74) is 0. The molecule has 3 heteroatoms. The Kier molecular flexibility index (Phi) is 2.83. The number of carbonyl (C=O) groups excluding carboxylic acids is 1. The van der Waals surface area contributed by atoms with E-state index in [1.807, 2.05) is 0 Å². The minimum absolute atomic E-state index is 0.259. The number of fused-ring (bicyclic) bond motifs is 1. The lowest BCUT2D eigenvalue weighted by Crippen LogP contribution is -2.39. The lowest BCUT2D eigenvalue weighted by Gasteiger charge is -2.22. The van der Waals surface area contributed by atoms with Crippen molar-refractivity contribution in [2.24, 2.45) is 5.92 Å². The lowest BCUT2D eigenvalue weighted by atomic mass is 9.93. The molecular formula is C10H18N2O. The van der Waals surface area contributed by atoms with E-state index in [9.17, 15) is 4.79 Å². The summed E-state index contributed by atoms with van der Waals surface area (Å²) < 4.78 is 0. The van der Waals surface area contributed by atoms with Crippen LogP contribution in [0.4, 0.5) is 0 Å². The first-order valence-corrected chi connectivity index (χ1v) is 5.36. The van der Waals surface area contributed by atoms with Crippen LogP contribution in [0.1, 0.15) is 32.1 Å². The van der Waals surface area contributed by atoms with Crippen LogP contribution >= 0.6 is 0 Å². The highest BCUT2D eigenvalue weighted by atomic mass is 16.1. The third kappa shape index (κ3) is 2.21. The molecular weight excluding hydrogens is 164 g/mol. The van der Waals surface area contributed by atoms with Crippen LogP contribution in [0.5, 0.6) is 0 Å². The second kappa shape index (κ2) is 4.09. The average molecular weight is 182 g/mol. The van der Waals surface area contributed by atoms with Crippen LogP contribution in [-0.4, -0.2) is 25.0 Å². The normalized spacial score (nSPS) is 35.5. The molecule has 2 N–H and O–H groups in total. The van der Waals surface area contributed by atoms with Crippen molar-refractivity contribution in [1.29, 1.82) is 0 Å². The van der Waals surface area contributed by atoms with Gasteiger partial charge in [0.2, 0.25) is 5.91 Å². The van der Waals surface area contributed by atoms with Crippen molar-refractivity contribution in [3.8, 4) is 0 Å². The van der Waals surface area contributed by atoms with Gasteiger partial charge in [0, 0.05) is 12.5 Å². The predicted octanol–water partition coefficient (Wildman–Crippen LogP) is 0.655. The van der Waals surface area contributed by atoms with E-state index in [1.165, 1.54) is 12.8 Å². The van der Waals surface area contributed by atoms with Crippen LogP contribution in [0.3, 0.4) is 0 Å². The summed E-state index contributed by atoms with van der Waals surface area (Å²) in [6.45, 7) is 2.20. The summed E-state index contributed by atoms with van der Waals surface area (Å²) in [7, 11) is 0. The van der Waals surface area contributed by atoms with Gasteiger partial charge in [0.25, 0.3) is 0 Å². The zero-order valence-corrected chi connectivity index (χ0v) is 8.01. The molecule has 2 aliphatic heterocycles. The number of hydrogen-bond donors (Lipinski definition) is 2. The fraction of sp³-hybridized carbons (Fsp3) is 0.900. The predicted molar refractivity (Wildman–Crippen MR) is 51.4 cm³/mol. The fourth-order valence-electron chi connectivity index (χ4n) is 2.41. The van der Waals surface area contributed by atoms with Gasteiger partial charge in [-0.1, -0.05) is 0 Å². The molecule has 2 rings (SSSR count). The summed E-state index contributed by atoms with van der Waals surface area (Å²) >= 11 is 0. The van der Waals surface area contributed by atoms with Gasteiger partial charge in [-0.25, -0.2) is 0 Å². The molecule has 2 aliphatic rings. The minimum Gasteiger partial charge on any atom is -0.353 e. The Morgan fingerprint density at radius 3 is 3.08 bits per heavy atom. The molecule has 0 bridgehead atoms. The monoisotopic (exact) mass is 182 g/mol. The molecule has 74 valence electrons. The second-order valence-electron chi connectivity index (χ2n) is 4.17. The van der Waals surface area contributed by atoms with Crippen molar-refractivity contribution < 1.29 is 4.79 Å². The summed E-state index contributed by atoms with van der Waals surface area (Å²) in [6, 6.07) is 0.449. The third-order valence-corrected chi connectivity index (χ3v) is 3.17. The molecule has 2 fully saturated rings. The van der Waals surface area contributed by atoms with Gasteiger partial charge in [0.15, 0.2) is 0 Å². The maximum atomic E-state index is 11.3. The Bertz CT molecular complexity index is 193. The summed E-state index contributed by atoms with van der Waals surface area (Å²) in [5.74, 6) is 0.934. The highest BCUT2D eigenvalue weighted by molar-refractivity contribution is 5.76. The van der Waals surface area contributed by atoms with E-state index in [4.69, 9.17) is 0 Å². The van der Waals surface area contributed by atoms with Crippen molar-refractivity contribution in [3.05, 3.63) is 0 Å². The number of rotatable bonds is 0. The van der Waals surface area contributed by atoms with Crippen LogP contribution in [0, 0.1) is 5.92 Å². The Morgan fingerprint density at radius 2 is 2.15 bits per heavy atom. The highest BCUT2D eigenvalue weighted by Crippen LogP contribution is 2.21. The molecule has 0 saturated carbocycles. The molecule has 1 amide bonds. The molecule has 13 heavy (non-hydrogen) atoms. The third-order valence-electron chi connectivity index (χ3n) is 3.17. The van der Waals surface area contributed by atoms with E-state index in [1.54, 1.807) is 0 Å². The van der Waals surface area contributed by atoms with Gasteiger partial charge >= 0.3 is 0 Å². The van der Waals surface area contributed by atoms with Crippen molar-refractivity contribution in [2.75, 3.05) is 13.1 Å². The van der Waals surface area contributed by atoms with Gasteiger partial charge in [0.1, 0.15) is 0 Å². The summed E-state index contributed by atoms with van der Waals surface area (Å²) in [5, 5.41) is 6.58. The quantitative estimate of drug-likeness (QED) is 0.577. The van der Waals surface area contributed by atoms with Crippen LogP contribution in [-0.2, 0) is 4.79 Å². The van der Waals surface area contributed by atoms with Gasteiger partial charge in [-0.15, -0.1) is 0 Å². The first kappa shape index (κ1) is 9.00. The van der Waals surface area contributed by atoms with Gasteiger partial charge < -0.3 is 10.6 Å². The van der Waals surface area contributed by atoms with Crippen molar-refractivity contribution in [3.63, 3.8) is 0 Å². The first-order valence-electron chi connectivity index (χ1n) is 5.36. The maximum Gasteiger partial charge on any atom is 0.220 e. The standard InChI is InChI=1S/C10H18N2O/c13-10-5-1-3-8-7-11-6-2-4-9(8)12-10/h8-9,11H,1-7H2,(H,12,13)/t8-,9-/m1/s1. The lowest BCUT2D eigenvalue weighted by molar-refractivity contribution is -0.121. The number of hydrogen-bond acceptors (Lipinski definition) is 2. The highest BCUT2D eigenvalue weighted by Gasteiger charge is 2.27. The molecule has 0 spiro atoms. The van der Waals surface area contributed by atoms with E-state index >= 15 is 0 Å². The van der Waals surface area contributed by atoms with E-state index in [0.717, 1.165) is 32.4 Å². The Balaban J connectivity index is 2.01. The zero-order chi connectivity index (χ0) is 9.10. The van der Waals surface area contributed by atoms with E-state index in [2.05, 4.69) is 10.6 Å². The summed E-state index contributed by atoms with van der Waals surface area (Å²) in [6.07, 6.45) is 5.35. The molecule has 0 aromatic heterocycles. The van der Waals surface area contributed by atoms with Crippen LogP contribution in [0.2, 0.25) is 0 Å². The van der Waals surface area contributed by atoms with E-state index in [0.29, 0.717) is 12.0 Å². The fourth-order valence-corrected chi connectivity index (χ4v) is 2.41. The van der Waals surface area contributed by atoms with Crippen molar-refractivity contribution in [1.82, 2.24) is 10.6 Å². The van der Waals surface area contributed by atoms with Crippen LogP contribution in [0.15, 0.2) is 0 Å². The summed E-state index contributed by atoms with van der Waals surface area (Å²) in [4.78, 5) is 11.3. The molecule has 0 unspecified atom stereocenters. The Hall–Kier alpha value is -0.570. The second-order valence-corrected chi connectivity index (χ2v) is 4.17. The molecule has 2 saturated heterocycles. The van der Waals surface area contributed by atoms with E-state index in [-0.39, 0.29) is 5.91 Å². The van der Waals surface area contributed by atoms with Crippen molar-refractivity contribution in [2.45, 2.75) is 38.1 Å². The molecule has 2 heterocycles. The van der Waals surface area contributed by atoms with Crippen molar-refractivity contribution >= 4 is 5.91 Å². The molecule has 2 atom stereocenters. The SMILES string of the molecule is O=C1CCC[C@@H]2CNCCC[C@H]2N1. The molecule has 0 radical (unpaired) electrons. The van der Waals surface area contributed by atoms with E-state index < -0.39 is 0 Å². The Morgan fingerprint density at radius 1 is 1.23 bits per heavy atom. The van der Waals surface area contributed by atoms with Gasteiger partial charge in [-0.05, 0) is 44.7 Å². The smallest absolute Gasteiger partial charge is 0.220 e. The number of nitrogens with one attached hydrogen (secondary N) is 2. The minimum atomic E-state index is 0.259. The topological polar surface area (TPSA) is 41.1 Å². The molecule has 0 aliphatic carbocycles. The van der Waals surface area contributed by atoms with Crippen LogP contribution in [0.25, 0.3) is 0 Å². The Labute approximate surface area is 79.3 Å². The average Bonchev–Trinajstić information content (AvgIpc) is 2.38. The number of amides is 1. The van der Waals surface area contributed by atoms with Gasteiger partial charge in [-0.3, -0.25) is 4.79 Å². The number of carbonyl (C=O) groups is 1. The van der Waals surface area contributed by atoms with Gasteiger partial charge in [0.05, 0.1) is 0 Å². The molecule has 0 aromatic rings. The molecule has 0 aromatic carbocycles. The molecule has 3 nitrogen and oxygen atoms in total. The van der Waals surface area contributed by atoms with Crippen LogP contribution < -0.4 is 10.6 Å². The largest absolute Gasteiger partial charge is 0.353 e. The van der Waals surface area contributed by atoms with Gasteiger partial charge in [-0.2, -0.15) is 0 Å². The first-order chi connectivity index (χ1) is 6.36. The maximum absolute atomic E-state index is 11.3.